The molecule has 1 saturated heterocycles. The van der Waals surface area contributed by atoms with Gasteiger partial charge in [-0.3, -0.25) is 0 Å². The molecule has 1 aliphatic rings. The Morgan fingerprint density at radius 2 is 2.06 bits per heavy atom. The Bertz CT molecular complexity index is 376. The Morgan fingerprint density at radius 1 is 1.31 bits per heavy atom. The van der Waals surface area contributed by atoms with Crippen molar-refractivity contribution in [3.63, 3.8) is 0 Å². The van der Waals surface area contributed by atoms with Crippen LogP contribution in [0.5, 0.6) is 0 Å². The van der Waals surface area contributed by atoms with Crippen molar-refractivity contribution in [2.45, 2.75) is 24.4 Å². The average Bonchev–Trinajstić information content (AvgIpc) is 2.56. The van der Waals surface area contributed by atoms with Crippen LogP contribution < -0.4 is 0 Å². The molecular weight excluding hydrogens is 325 g/mol. The summed E-state index contributed by atoms with van der Waals surface area (Å²) in [6.45, 7) is -0.321. The molecule has 1 unspecified atom stereocenters. The van der Waals surface area contributed by atoms with Crippen LogP contribution in [0.3, 0.4) is 0 Å². The van der Waals surface area contributed by atoms with Crippen molar-refractivity contribution in [1.29, 1.82) is 0 Å². The van der Waals surface area contributed by atoms with Crippen LogP contribution in [0.15, 0.2) is 18.2 Å². The SMILES string of the molecule is OC[C@H]1OC(c2cccc(I)n2)[C@H](O)[C@@H]1O. The summed E-state index contributed by atoms with van der Waals surface area (Å²) in [6.07, 6.45) is -3.56. The minimum Gasteiger partial charge on any atom is -0.394 e. The first-order valence-corrected chi connectivity index (χ1v) is 5.96. The van der Waals surface area contributed by atoms with Crippen LogP contribution in [0.25, 0.3) is 0 Å². The highest BCUT2D eigenvalue weighted by Gasteiger charge is 2.43. The number of ether oxygens (including phenoxy) is 1. The van der Waals surface area contributed by atoms with Crippen molar-refractivity contribution in [3.8, 4) is 0 Å². The van der Waals surface area contributed by atoms with Gasteiger partial charge in [0, 0.05) is 0 Å². The Labute approximate surface area is 106 Å². The number of halogens is 1. The summed E-state index contributed by atoms with van der Waals surface area (Å²) in [7, 11) is 0. The molecule has 0 bridgehead atoms. The highest BCUT2D eigenvalue weighted by molar-refractivity contribution is 14.1. The predicted molar refractivity (Wildman–Crippen MR) is 63.7 cm³/mol. The van der Waals surface area contributed by atoms with Gasteiger partial charge in [-0.1, -0.05) is 6.07 Å². The summed E-state index contributed by atoms with van der Waals surface area (Å²) in [6, 6.07) is 5.35. The number of aromatic nitrogens is 1. The van der Waals surface area contributed by atoms with Gasteiger partial charge in [0.1, 0.15) is 28.1 Å². The lowest BCUT2D eigenvalue weighted by Gasteiger charge is -2.13. The molecule has 0 spiro atoms. The zero-order valence-corrected chi connectivity index (χ0v) is 10.5. The minimum atomic E-state index is -1.07. The molecule has 1 aromatic rings. The monoisotopic (exact) mass is 337 g/mol. The van der Waals surface area contributed by atoms with Gasteiger partial charge in [0.05, 0.1) is 12.3 Å². The molecule has 88 valence electrons. The fourth-order valence-electron chi connectivity index (χ4n) is 1.73. The van der Waals surface area contributed by atoms with Crippen molar-refractivity contribution in [1.82, 2.24) is 4.98 Å². The summed E-state index contributed by atoms with van der Waals surface area (Å²) < 4.78 is 6.15. The number of hydrogen-bond acceptors (Lipinski definition) is 5. The lowest BCUT2D eigenvalue weighted by Crippen LogP contribution is -2.32. The second kappa shape index (κ2) is 4.92. The number of aliphatic hydroxyl groups is 3. The molecule has 2 rings (SSSR count). The largest absolute Gasteiger partial charge is 0.394 e. The highest BCUT2D eigenvalue weighted by atomic mass is 127. The number of rotatable bonds is 2. The smallest absolute Gasteiger partial charge is 0.128 e. The fraction of sp³-hybridized carbons (Fsp3) is 0.500. The van der Waals surface area contributed by atoms with Crippen LogP contribution in [0.1, 0.15) is 11.8 Å². The Hall–Kier alpha value is -0.280. The van der Waals surface area contributed by atoms with Crippen molar-refractivity contribution < 1.29 is 20.1 Å². The topological polar surface area (TPSA) is 82.8 Å². The van der Waals surface area contributed by atoms with E-state index in [-0.39, 0.29) is 6.61 Å². The third-order valence-electron chi connectivity index (χ3n) is 2.57. The van der Waals surface area contributed by atoms with Crippen LogP contribution >= 0.6 is 22.6 Å². The molecule has 16 heavy (non-hydrogen) atoms. The molecular formula is C10H12INO4. The highest BCUT2D eigenvalue weighted by Crippen LogP contribution is 2.32. The van der Waals surface area contributed by atoms with E-state index in [9.17, 15) is 10.2 Å². The third-order valence-corrected chi connectivity index (χ3v) is 3.17. The lowest BCUT2D eigenvalue weighted by atomic mass is 10.1. The Balaban J connectivity index is 2.23. The molecule has 2 heterocycles. The van der Waals surface area contributed by atoms with Crippen molar-refractivity contribution in [2.75, 3.05) is 6.61 Å². The van der Waals surface area contributed by atoms with Gasteiger partial charge < -0.3 is 20.1 Å². The molecule has 3 N–H and O–H groups in total. The first kappa shape index (κ1) is 12.2. The quantitative estimate of drug-likeness (QED) is 0.516. The van der Waals surface area contributed by atoms with Crippen LogP contribution in [-0.2, 0) is 4.74 Å². The second-order valence-electron chi connectivity index (χ2n) is 3.64. The number of pyridine rings is 1. The number of nitrogens with zero attached hydrogens (tertiary/aromatic N) is 1. The van der Waals surface area contributed by atoms with Crippen LogP contribution in [0.2, 0.25) is 0 Å². The van der Waals surface area contributed by atoms with E-state index in [4.69, 9.17) is 9.84 Å². The maximum Gasteiger partial charge on any atom is 0.128 e. The molecule has 0 radical (unpaired) electrons. The molecule has 0 saturated carbocycles. The molecule has 0 amide bonds. The zero-order valence-electron chi connectivity index (χ0n) is 8.32. The van der Waals surface area contributed by atoms with E-state index in [0.717, 1.165) is 3.70 Å². The predicted octanol–water partition coefficient (Wildman–Crippen LogP) is -0.160. The van der Waals surface area contributed by atoms with Gasteiger partial charge in [-0.2, -0.15) is 0 Å². The van der Waals surface area contributed by atoms with Crippen LogP contribution in [-0.4, -0.2) is 45.2 Å². The summed E-state index contributed by atoms with van der Waals surface area (Å²) >= 11 is 2.06. The van der Waals surface area contributed by atoms with Crippen molar-refractivity contribution in [3.05, 3.63) is 27.6 Å². The molecule has 1 aliphatic heterocycles. The van der Waals surface area contributed by atoms with Crippen LogP contribution in [0, 0.1) is 3.70 Å². The van der Waals surface area contributed by atoms with Gasteiger partial charge in [-0.15, -0.1) is 0 Å². The van der Waals surface area contributed by atoms with E-state index in [1.807, 2.05) is 6.07 Å². The van der Waals surface area contributed by atoms with E-state index in [2.05, 4.69) is 27.6 Å². The van der Waals surface area contributed by atoms with E-state index >= 15 is 0 Å². The van der Waals surface area contributed by atoms with E-state index in [0.29, 0.717) is 5.69 Å². The van der Waals surface area contributed by atoms with E-state index < -0.39 is 24.4 Å². The summed E-state index contributed by atoms with van der Waals surface area (Å²) in [5.74, 6) is 0. The van der Waals surface area contributed by atoms with E-state index in [1.54, 1.807) is 12.1 Å². The summed E-state index contributed by atoms with van der Waals surface area (Å²) in [5.41, 5.74) is 0.564. The van der Waals surface area contributed by atoms with Gasteiger partial charge in [-0.05, 0) is 34.7 Å². The first-order valence-electron chi connectivity index (χ1n) is 4.88. The number of aliphatic hydroxyl groups excluding tert-OH is 3. The maximum atomic E-state index is 9.77. The molecule has 4 atom stereocenters. The van der Waals surface area contributed by atoms with Gasteiger partial charge in [0.2, 0.25) is 0 Å². The van der Waals surface area contributed by atoms with Gasteiger partial charge in [0.25, 0.3) is 0 Å². The summed E-state index contributed by atoms with van der Waals surface area (Å²) in [5, 5.41) is 28.3. The lowest BCUT2D eigenvalue weighted by molar-refractivity contribution is -0.0239. The Kier molecular flexibility index (Phi) is 3.75. The Morgan fingerprint density at radius 3 is 2.62 bits per heavy atom. The second-order valence-corrected chi connectivity index (χ2v) is 4.75. The molecule has 0 aliphatic carbocycles. The normalized spacial score (nSPS) is 34.2. The zero-order chi connectivity index (χ0) is 11.7. The molecule has 1 aromatic heterocycles. The van der Waals surface area contributed by atoms with Crippen LogP contribution in [0.4, 0.5) is 0 Å². The minimum absolute atomic E-state index is 0.321. The van der Waals surface area contributed by atoms with Gasteiger partial charge in [-0.25, -0.2) is 4.98 Å². The number of hydrogen-bond donors (Lipinski definition) is 3. The first-order chi connectivity index (χ1) is 7.63. The third kappa shape index (κ3) is 2.21. The molecule has 0 aromatic carbocycles. The van der Waals surface area contributed by atoms with E-state index in [1.165, 1.54) is 0 Å². The molecule has 6 heteroatoms. The van der Waals surface area contributed by atoms with Gasteiger partial charge >= 0.3 is 0 Å². The van der Waals surface area contributed by atoms with Crippen molar-refractivity contribution in [2.24, 2.45) is 0 Å². The maximum absolute atomic E-state index is 9.77. The molecule has 5 nitrogen and oxygen atoms in total. The van der Waals surface area contributed by atoms with Gasteiger partial charge in [0.15, 0.2) is 0 Å². The molecule has 1 fully saturated rings. The van der Waals surface area contributed by atoms with Crippen molar-refractivity contribution >= 4 is 22.6 Å². The average molecular weight is 337 g/mol. The summed E-state index contributed by atoms with van der Waals surface area (Å²) in [4.78, 5) is 4.22. The standard InChI is InChI=1S/C10H12INO4/c11-7-3-1-2-5(12-7)10-9(15)8(14)6(4-13)16-10/h1-3,6,8-10,13-15H,4H2/t6-,8-,9-,10?/m1/s1. The fourth-order valence-corrected chi connectivity index (χ4v) is 2.21.